The summed E-state index contributed by atoms with van der Waals surface area (Å²) in [5.74, 6) is -0.00345. The van der Waals surface area contributed by atoms with E-state index in [9.17, 15) is 18.0 Å². The smallest absolute Gasteiger partial charge is 0.416 e. The summed E-state index contributed by atoms with van der Waals surface area (Å²) < 4.78 is 39.2. The maximum Gasteiger partial charge on any atom is 0.416 e. The molecule has 182 valence electrons. The predicted molar refractivity (Wildman–Crippen MR) is 124 cm³/mol. The van der Waals surface area contributed by atoms with Gasteiger partial charge in [0.25, 0.3) is 6.47 Å². The summed E-state index contributed by atoms with van der Waals surface area (Å²) in [7, 11) is 2.14. The molecule has 2 bridgehead atoms. The van der Waals surface area contributed by atoms with Gasteiger partial charge in [0, 0.05) is 29.8 Å². The molecule has 0 aromatic heterocycles. The molecule has 4 N–H and O–H groups in total. The van der Waals surface area contributed by atoms with Gasteiger partial charge in [-0.1, -0.05) is 18.2 Å². The monoisotopic (exact) mass is 475 g/mol. The lowest BCUT2D eigenvalue weighted by atomic mass is 9.85. The number of benzene rings is 2. The van der Waals surface area contributed by atoms with Gasteiger partial charge in [-0.25, -0.2) is 0 Å². The minimum atomic E-state index is -4.44. The van der Waals surface area contributed by atoms with Crippen LogP contribution in [0.5, 0.6) is 0 Å². The first-order valence-corrected chi connectivity index (χ1v) is 11.0. The lowest BCUT2D eigenvalue weighted by Gasteiger charge is -2.36. The number of hydrogen-bond donors (Lipinski definition) is 3. The number of anilines is 1. The summed E-state index contributed by atoms with van der Waals surface area (Å²) in [6.07, 6.45) is 0.123. The number of piperidine rings is 1. The van der Waals surface area contributed by atoms with Crippen LogP contribution in [0, 0.1) is 11.3 Å². The Hall–Kier alpha value is -3.20. The highest BCUT2D eigenvalue weighted by Crippen LogP contribution is 2.39. The van der Waals surface area contributed by atoms with E-state index in [1.165, 1.54) is 6.07 Å². The lowest BCUT2D eigenvalue weighted by molar-refractivity contribution is -0.137. The number of nitrogens with one attached hydrogen (secondary N) is 1. The van der Waals surface area contributed by atoms with Crippen molar-refractivity contribution in [3.63, 3.8) is 0 Å². The molecule has 0 aliphatic carbocycles. The lowest BCUT2D eigenvalue weighted by Crippen LogP contribution is -2.40. The number of fused-ring (bicyclic) bond motifs is 2. The molecule has 2 heterocycles. The molecular weight excluding hydrogens is 447 g/mol. The topological polar surface area (TPSA) is 107 Å². The number of ketones is 1. The Bertz CT molecular complexity index is 1060. The van der Waals surface area contributed by atoms with E-state index in [0.717, 1.165) is 37.8 Å². The molecule has 0 radical (unpaired) electrons. The van der Waals surface area contributed by atoms with Crippen LogP contribution in [-0.4, -0.2) is 47.1 Å². The fourth-order valence-corrected chi connectivity index (χ4v) is 5.03. The number of alkyl halides is 3. The van der Waals surface area contributed by atoms with E-state index in [-0.39, 0.29) is 35.1 Å². The highest BCUT2D eigenvalue weighted by molar-refractivity contribution is 6.46. The number of nitrogens with two attached hydrogens (primary N) is 1. The molecule has 0 amide bonds. The van der Waals surface area contributed by atoms with Crippen LogP contribution < -0.4 is 5.73 Å². The van der Waals surface area contributed by atoms with E-state index in [1.54, 1.807) is 24.3 Å². The molecule has 2 saturated heterocycles. The van der Waals surface area contributed by atoms with Gasteiger partial charge in [-0.2, -0.15) is 13.2 Å². The third-order valence-corrected chi connectivity index (χ3v) is 6.79. The SMILES string of the molecule is CN1C2CCC1CC(CC(=O)C(=N)c1cc(-c3cccc(C(F)(F)F)c3)ccc1N)C2.O=CO. The zero-order valence-electron chi connectivity index (χ0n) is 18.8. The normalized spacial score (nSPS) is 21.9. The third kappa shape index (κ3) is 5.64. The van der Waals surface area contributed by atoms with Crippen LogP contribution in [-0.2, 0) is 15.8 Å². The Labute approximate surface area is 196 Å². The molecule has 2 aromatic rings. The van der Waals surface area contributed by atoms with E-state index in [4.69, 9.17) is 21.0 Å². The molecule has 2 aliphatic heterocycles. The minimum Gasteiger partial charge on any atom is -0.483 e. The van der Waals surface area contributed by atoms with Gasteiger partial charge in [0.05, 0.1) is 5.56 Å². The van der Waals surface area contributed by atoms with Crippen molar-refractivity contribution in [1.29, 1.82) is 5.41 Å². The summed E-state index contributed by atoms with van der Waals surface area (Å²) in [4.78, 5) is 23.6. The summed E-state index contributed by atoms with van der Waals surface area (Å²) in [6.45, 7) is -0.250. The molecule has 9 heteroatoms. The number of hydrogen-bond acceptors (Lipinski definition) is 5. The highest BCUT2D eigenvalue weighted by Gasteiger charge is 2.39. The van der Waals surface area contributed by atoms with Crippen molar-refractivity contribution in [3.05, 3.63) is 53.6 Å². The molecule has 2 atom stereocenters. The number of nitrogens with zero attached hydrogens (tertiary/aromatic N) is 1. The number of halogens is 3. The molecule has 6 nitrogen and oxygen atoms in total. The fraction of sp³-hybridized carbons (Fsp3) is 0.400. The van der Waals surface area contributed by atoms with Crippen molar-refractivity contribution >= 4 is 23.7 Å². The number of carbonyl (C=O) groups is 2. The molecule has 34 heavy (non-hydrogen) atoms. The Morgan fingerprint density at radius 3 is 2.32 bits per heavy atom. The number of rotatable bonds is 5. The third-order valence-electron chi connectivity index (χ3n) is 6.79. The molecule has 4 rings (SSSR count). The van der Waals surface area contributed by atoms with E-state index in [1.807, 2.05) is 0 Å². The van der Waals surface area contributed by atoms with Gasteiger partial charge in [0.15, 0.2) is 5.78 Å². The van der Waals surface area contributed by atoms with Crippen molar-refractivity contribution in [2.24, 2.45) is 5.92 Å². The standard InChI is InChI=1S/C24H26F3N3O.CH2O2/c1-30-18-6-7-19(30)10-14(9-18)11-22(31)23(29)20-13-16(5-8-21(20)28)15-3-2-4-17(12-15)24(25,26)27;2-1-3/h2-5,8,12-14,18-19,29H,6-7,9-11,28H2,1H3;1H,(H,2,3). The van der Waals surface area contributed by atoms with Gasteiger partial charge in [0.1, 0.15) is 5.71 Å². The second-order valence-corrected chi connectivity index (χ2v) is 8.88. The molecule has 2 aromatic carbocycles. The first kappa shape index (κ1) is 25.4. The van der Waals surface area contributed by atoms with Gasteiger partial charge >= 0.3 is 6.18 Å². The van der Waals surface area contributed by atoms with E-state index >= 15 is 0 Å². The van der Waals surface area contributed by atoms with Crippen LogP contribution in [0.4, 0.5) is 18.9 Å². The average Bonchev–Trinajstić information content (AvgIpc) is 2.99. The van der Waals surface area contributed by atoms with Crippen molar-refractivity contribution in [3.8, 4) is 11.1 Å². The molecule has 2 aliphatic rings. The number of carbonyl (C=O) groups excluding carboxylic acids is 1. The molecule has 0 spiro atoms. The minimum absolute atomic E-state index is 0.169. The number of carboxylic acid groups (broad SMARTS) is 1. The molecule has 2 unspecified atom stereocenters. The van der Waals surface area contributed by atoms with E-state index in [0.29, 0.717) is 29.6 Å². The number of nitrogen functional groups attached to an aromatic ring is 1. The summed E-state index contributed by atoms with van der Waals surface area (Å²) in [5.41, 5.74) is 6.52. The first-order chi connectivity index (χ1) is 16.0. The predicted octanol–water partition coefficient (Wildman–Crippen LogP) is 4.86. The Morgan fingerprint density at radius 2 is 1.74 bits per heavy atom. The Morgan fingerprint density at radius 1 is 1.15 bits per heavy atom. The Balaban J connectivity index is 0.00000103. The van der Waals surface area contributed by atoms with Gasteiger partial charge < -0.3 is 15.7 Å². The summed E-state index contributed by atoms with van der Waals surface area (Å²) >= 11 is 0. The fourth-order valence-electron chi connectivity index (χ4n) is 5.03. The summed E-state index contributed by atoms with van der Waals surface area (Å²) in [5, 5.41) is 15.3. The van der Waals surface area contributed by atoms with Crippen LogP contribution in [0.15, 0.2) is 42.5 Å². The van der Waals surface area contributed by atoms with Crippen LogP contribution >= 0.6 is 0 Å². The van der Waals surface area contributed by atoms with Gasteiger partial charge in [-0.05, 0) is 74.0 Å². The zero-order chi connectivity index (χ0) is 25.0. The molecule has 2 fully saturated rings. The summed E-state index contributed by atoms with van der Waals surface area (Å²) in [6, 6.07) is 10.7. The van der Waals surface area contributed by atoms with Crippen LogP contribution in [0.1, 0.15) is 43.2 Å². The largest absolute Gasteiger partial charge is 0.483 e. The number of Topliss-reactive ketones (excluding diaryl/α,β-unsaturated/α-hetero) is 1. The second-order valence-electron chi connectivity index (χ2n) is 8.88. The van der Waals surface area contributed by atoms with Gasteiger partial charge in [-0.3, -0.25) is 15.0 Å². The van der Waals surface area contributed by atoms with Gasteiger partial charge in [0.2, 0.25) is 0 Å². The average molecular weight is 476 g/mol. The first-order valence-electron chi connectivity index (χ1n) is 11.0. The highest BCUT2D eigenvalue weighted by atomic mass is 19.4. The van der Waals surface area contributed by atoms with Crippen LogP contribution in [0.25, 0.3) is 11.1 Å². The van der Waals surface area contributed by atoms with Crippen molar-refractivity contribution in [2.75, 3.05) is 12.8 Å². The quantitative estimate of drug-likeness (QED) is 0.325. The maximum atomic E-state index is 13.1. The molecular formula is C25H28F3N3O3. The van der Waals surface area contributed by atoms with Gasteiger partial charge in [-0.15, -0.1) is 0 Å². The van der Waals surface area contributed by atoms with Crippen molar-refractivity contribution in [1.82, 2.24) is 4.90 Å². The van der Waals surface area contributed by atoms with E-state index < -0.39 is 11.7 Å². The van der Waals surface area contributed by atoms with Crippen LogP contribution in [0.3, 0.4) is 0 Å². The molecule has 0 saturated carbocycles. The zero-order valence-corrected chi connectivity index (χ0v) is 18.8. The van der Waals surface area contributed by atoms with Crippen LogP contribution in [0.2, 0.25) is 0 Å². The van der Waals surface area contributed by atoms with E-state index in [2.05, 4.69) is 11.9 Å². The van der Waals surface area contributed by atoms with Crippen molar-refractivity contribution in [2.45, 2.75) is 50.4 Å². The Kier molecular flexibility index (Phi) is 7.76. The second kappa shape index (κ2) is 10.4. The maximum absolute atomic E-state index is 13.1. The van der Waals surface area contributed by atoms with Crippen molar-refractivity contribution < 1.29 is 27.9 Å².